The van der Waals surface area contributed by atoms with E-state index in [1.54, 1.807) is 5.51 Å². The third kappa shape index (κ3) is 1.79. The summed E-state index contributed by atoms with van der Waals surface area (Å²) in [6.45, 7) is 1.63. The van der Waals surface area contributed by atoms with E-state index in [1.807, 2.05) is 0 Å². The molecule has 13 heavy (non-hydrogen) atoms. The van der Waals surface area contributed by atoms with E-state index in [0.29, 0.717) is 6.54 Å². The molecule has 0 bridgehead atoms. The van der Waals surface area contributed by atoms with Gasteiger partial charge in [-0.2, -0.15) is 0 Å². The van der Waals surface area contributed by atoms with Gasteiger partial charge < -0.3 is 10.4 Å². The standard InChI is InChI=1S/C8H11BrN2OS/c9-7-6(13-5-11-7)8(12)2-1-3-10-4-8/h5,10,12H,1-4H2. The Bertz CT molecular complexity index is 296. The van der Waals surface area contributed by atoms with Gasteiger partial charge in [0.15, 0.2) is 0 Å². The minimum absolute atomic E-state index is 0.633. The summed E-state index contributed by atoms with van der Waals surface area (Å²) in [6, 6.07) is 0. The van der Waals surface area contributed by atoms with Crippen LogP contribution < -0.4 is 5.32 Å². The highest BCUT2D eigenvalue weighted by Crippen LogP contribution is 2.35. The van der Waals surface area contributed by atoms with E-state index in [-0.39, 0.29) is 0 Å². The van der Waals surface area contributed by atoms with Crippen molar-refractivity contribution < 1.29 is 5.11 Å². The molecule has 2 heterocycles. The van der Waals surface area contributed by atoms with Crippen LogP contribution in [0.4, 0.5) is 0 Å². The van der Waals surface area contributed by atoms with E-state index in [2.05, 4.69) is 26.2 Å². The van der Waals surface area contributed by atoms with Crippen molar-refractivity contribution in [2.24, 2.45) is 0 Å². The first-order chi connectivity index (χ1) is 6.22. The fraction of sp³-hybridized carbons (Fsp3) is 0.625. The van der Waals surface area contributed by atoms with E-state index in [1.165, 1.54) is 11.3 Å². The van der Waals surface area contributed by atoms with Crippen LogP contribution in [0.5, 0.6) is 0 Å². The Morgan fingerprint density at radius 3 is 3.08 bits per heavy atom. The number of hydrogen-bond donors (Lipinski definition) is 2. The quantitative estimate of drug-likeness (QED) is 0.806. The van der Waals surface area contributed by atoms with Gasteiger partial charge in [0.1, 0.15) is 10.2 Å². The van der Waals surface area contributed by atoms with Crippen molar-refractivity contribution in [3.05, 3.63) is 15.0 Å². The second kappa shape index (κ2) is 3.65. The molecule has 0 aliphatic carbocycles. The zero-order valence-electron chi connectivity index (χ0n) is 7.09. The highest BCUT2D eigenvalue weighted by Gasteiger charge is 2.34. The maximum absolute atomic E-state index is 10.3. The van der Waals surface area contributed by atoms with Crippen molar-refractivity contribution in [3.63, 3.8) is 0 Å². The maximum Gasteiger partial charge on any atom is 0.123 e. The number of β-amino-alcohol motifs (C(OH)–C–C–N with tert-alkyl or cyclic N) is 1. The molecule has 0 aromatic carbocycles. The fourth-order valence-electron chi connectivity index (χ4n) is 1.62. The summed E-state index contributed by atoms with van der Waals surface area (Å²) in [5.74, 6) is 0. The van der Waals surface area contributed by atoms with Gasteiger partial charge in [0, 0.05) is 6.54 Å². The van der Waals surface area contributed by atoms with Crippen LogP contribution in [-0.2, 0) is 5.60 Å². The van der Waals surface area contributed by atoms with Gasteiger partial charge in [0.2, 0.25) is 0 Å². The highest BCUT2D eigenvalue weighted by atomic mass is 79.9. The number of piperidine rings is 1. The largest absolute Gasteiger partial charge is 0.383 e. The first-order valence-electron chi connectivity index (χ1n) is 4.25. The van der Waals surface area contributed by atoms with Crippen LogP contribution in [0.3, 0.4) is 0 Å². The van der Waals surface area contributed by atoms with Gasteiger partial charge in [-0.05, 0) is 35.3 Å². The van der Waals surface area contributed by atoms with E-state index < -0.39 is 5.60 Å². The molecule has 0 spiro atoms. The molecule has 0 amide bonds. The van der Waals surface area contributed by atoms with Gasteiger partial charge in [-0.1, -0.05) is 0 Å². The number of aliphatic hydroxyl groups is 1. The predicted octanol–water partition coefficient (Wildman–Crippen LogP) is 1.48. The maximum atomic E-state index is 10.3. The van der Waals surface area contributed by atoms with E-state index in [0.717, 1.165) is 28.9 Å². The average molecular weight is 263 g/mol. The monoisotopic (exact) mass is 262 g/mol. The van der Waals surface area contributed by atoms with E-state index >= 15 is 0 Å². The first-order valence-corrected chi connectivity index (χ1v) is 5.92. The Morgan fingerprint density at radius 1 is 1.69 bits per heavy atom. The summed E-state index contributed by atoms with van der Waals surface area (Å²) in [5.41, 5.74) is 1.05. The van der Waals surface area contributed by atoms with Gasteiger partial charge >= 0.3 is 0 Å². The molecular formula is C8H11BrN2OS. The molecule has 1 aliphatic heterocycles. The summed E-state index contributed by atoms with van der Waals surface area (Å²) in [5, 5.41) is 13.5. The molecule has 1 saturated heterocycles. The van der Waals surface area contributed by atoms with Crippen molar-refractivity contribution in [2.75, 3.05) is 13.1 Å². The van der Waals surface area contributed by atoms with Crippen LogP contribution >= 0.6 is 27.3 Å². The molecule has 5 heteroatoms. The van der Waals surface area contributed by atoms with Crippen molar-refractivity contribution in [1.29, 1.82) is 0 Å². The third-order valence-electron chi connectivity index (χ3n) is 2.31. The summed E-state index contributed by atoms with van der Waals surface area (Å²) in [7, 11) is 0. The zero-order valence-corrected chi connectivity index (χ0v) is 9.49. The van der Waals surface area contributed by atoms with Gasteiger partial charge in [-0.25, -0.2) is 4.98 Å². The molecule has 1 atom stereocenters. The third-order valence-corrected chi connectivity index (χ3v) is 4.19. The lowest BCUT2D eigenvalue weighted by molar-refractivity contribution is 0.0149. The van der Waals surface area contributed by atoms with Crippen LogP contribution in [-0.4, -0.2) is 23.2 Å². The number of aromatic nitrogens is 1. The second-order valence-corrected chi connectivity index (χ2v) is 4.89. The Labute approximate surface area is 89.3 Å². The minimum atomic E-state index is -0.710. The Hall–Kier alpha value is 0.0300. The average Bonchev–Trinajstić information content (AvgIpc) is 2.53. The molecule has 0 radical (unpaired) electrons. The van der Waals surface area contributed by atoms with E-state index in [9.17, 15) is 5.11 Å². The summed E-state index contributed by atoms with van der Waals surface area (Å²) < 4.78 is 0.781. The predicted molar refractivity (Wildman–Crippen MR) is 55.8 cm³/mol. The zero-order chi connectivity index (χ0) is 9.31. The minimum Gasteiger partial charge on any atom is -0.383 e. The molecular weight excluding hydrogens is 252 g/mol. The van der Waals surface area contributed by atoms with Crippen molar-refractivity contribution in [3.8, 4) is 0 Å². The molecule has 2 rings (SSSR count). The van der Waals surface area contributed by atoms with Crippen LogP contribution in [0.15, 0.2) is 10.1 Å². The normalized spacial score (nSPS) is 29.1. The van der Waals surface area contributed by atoms with Crippen molar-refractivity contribution in [1.82, 2.24) is 10.3 Å². The van der Waals surface area contributed by atoms with Crippen LogP contribution in [0.2, 0.25) is 0 Å². The van der Waals surface area contributed by atoms with Gasteiger partial charge in [0.05, 0.1) is 10.4 Å². The first kappa shape index (κ1) is 9.58. The topological polar surface area (TPSA) is 45.2 Å². The van der Waals surface area contributed by atoms with Crippen molar-refractivity contribution >= 4 is 27.3 Å². The lowest BCUT2D eigenvalue weighted by Gasteiger charge is -2.31. The molecule has 1 unspecified atom stereocenters. The lowest BCUT2D eigenvalue weighted by Crippen LogP contribution is -2.42. The smallest absolute Gasteiger partial charge is 0.123 e. The van der Waals surface area contributed by atoms with E-state index in [4.69, 9.17) is 0 Å². The molecule has 0 saturated carbocycles. The number of nitrogens with one attached hydrogen (secondary N) is 1. The SMILES string of the molecule is OC1(c2scnc2Br)CCCNC1. The summed E-state index contributed by atoms with van der Waals surface area (Å²) >= 11 is 4.86. The molecule has 3 nitrogen and oxygen atoms in total. The molecule has 72 valence electrons. The number of nitrogens with zero attached hydrogens (tertiary/aromatic N) is 1. The molecule has 1 fully saturated rings. The second-order valence-electron chi connectivity index (χ2n) is 3.28. The van der Waals surface area contributed by atoms with Gasteiger partial charge in [0.25, 0.3) is 0 Å². The summed E-state index contributed by atoms with van der Waals surface area (Å²) in [4.78, 5) is 5.03. The van der Waals surface area contributed by atoms with Crippen LogP contribution in [0, 0.1) is 0 Å². The number of halogens is 1. The number of hydrogen-bond acceptors (Lipinski definition) is 4. The van der Waals surface area contributed by atoms with Crippen LogP contribution in [0.25, 0.3) is 0 Å². The van der Waals surface area contributed by atoms with Crippen LogP contribution in [0.1, 0.15) is 17.7 Å². The molecule has 1 aromatic heterocycles. The highest BCUT2D eigenvalue weighted by molar-refractivity contribution is 9.10. The Morgan fingerprint density at radius 2 is 2.54 bits per heavy atom. The lowest BCUT2D eigenvalue weighted by atomic mass is 9.93. The Kier molecular flexibility index (Phi) is 2.69. The number of thiazole rings is 1. The fourth-order valence-corrected chi connectivity index (χ4v) is 3.31. The number of rotatable bonds is 1. The summed E-state index contributed by atoms with van der Waals surface area (Å²) in [6.07, 6.45) is 1.83. The molecule has 1 aliphatic rings. The van der Waals surface area contributed by atoms with Gasteiger partial charge in [-0.3, -0.25) is 0 Å². The van der Waals surface area contributed by atoms with Crippen molar-refractivity contribution in [2.45, 2.75) is 18.4 Å². The Balaban J connectivity index is 2.27. The van der Waals surface area contributed by atoms with Gasteiger partial charge in [-0.15, -0.1) is 11.3 Å². The molecule has 1 aromatic rings. The molecule has 2 N–H and O–H groups in total.